The van der Waals surface area contributed by atoms with Gasteiger partial charge in [0.1, 0.15) is 6.54 Å². The summed E-state index contributed by atoms with van der Waals surface area (Å²) in [6.45, 7) is 4.47. The van der Waals surface area contributed by atoms with Crippen molar-refractivity contribution in [3.8, 4) is 11.5 Å². The number of methoxy groups -OCH3 is 2. The van der Waals surface area contributed by atoms with Gasteiger partial charge < -0.3 is 14.4 Å². The number of amides is 2. The minimum Gasteiger partial charge on any atom is -0.493 e. The molecule has 4 rings (SSSR count). The van der Waals surface area contributed by atoms with Crippen LogP contribution >= 0.6 is 0 Å². The molecule has 2 aromatic rings. The van der Waals surface area contributed by atoms with Crippen LogP contribution in [0.15, 0.2) is 36.4 Å². The van der Waals surface area contributed by atoms with Crippen LogP contribution in [0.5, 0.6) is 11.5 Å². The van der Waals surface area contributed by atoms with Crippen molar-refractivity contribution in [1.29, 1.82) is 0 Å². The second-order valence-corrected chi connectivity index (χ2v) is 7.48. The first kappa shape index (κ1) is 18.5. The lowest BCUT2D eigenvalue weighted by molar-refractivity contribution is -0.917. The van der Waals surface area contributed by atoms with E-state index in [2.05, 4.69) is 6.07 Å². The number of carbonyl (C=O) groups excluding carboxylic acids is 2. The van der Waals surface area contributed by atoms with Crippen molar-refractivity contribution >= 4 is 11.8 Å². The van der Waals surface area contributed by atoms with E-state index in [9.17, 15) is 9.59 Å². The fourth-order valence-corrected chi connectivity index (χ4v) is 4.32. The molecule has 0 radical (unpaired) electrons. The van der Waals surface area contributed by atoms with E-state index < -0.39 is 0 Å². The number of nitrogens with one attached hydrogen (secondary N) is 1. The van der Waals surface area contributed by atoms with Crippen LogP contribution in [0.2, 0.25) is 0 Å². The molecule has 2 aliphatic heterocycles. The fraction of sp³-hybridized carbons (Fsp3) is 0.364. The summed E-state index contributed by atoms with van der Waals surface area (Å²) in [5.74, 6) is 1.12. The van der Waals surface area contributed by atoms with Crippen molar-refractivity contribution in [3.63, 3.8) is 0 Å². The molecule has 0 bridgehead atoms. The molecule has 0 saturated carbocycles. The Balaban J connectivity index is 1.49. The molecule has 28 heavy (non-hydrogen) atoms. The van der Waals surface area contributed by atoms with E-state index in [4.69, 9.17) is 9.47 Å². The Morgan fingerprint density at radius 2 is 1.57 bits per heavy atom. The van der Waals surface area contributed by atoms with Crippen molar-refractivity contribution in [3.05, 3.63) is 58.7 Å². The van der Waals surface area contributed by atoms with E-state index in [-0.39, 0.29) is 17.9 Å². The Labute approximate surface area is 164 Å². The molecule has 0 spiro atoms. The summed E-state index contributed by atoms with van der Waals surface area (Å²) in [5.41, 5.74) is 3.52. The predicted molar refractivity (Wildman–Crippen MR) is 104 cm³/mol. The van der Waals surface area contributed by atoms with E-state index in [0.29, 0.717) is 11.1 Å². The molecule has 2 atom stereocenters. The van der Waals surface area contributed by atoms with Crippen LogP contribution < -0.4 is 14.4 Å². The van der Waals surface area contributed by atoms with Gasteiger partial charge in [-0.1, -0.05) is 12.1 Å². The maximum Gasteiger partial charge on any atom is 0.262 e. The summed E-state index contributed by atoms with van der Waals surface area (Å²) >= 11 is 0. The molecule has 2 heterocycles. The van der Waals surface area contributed by atoms with Gasteiger partial charge in [-0.3, -0.25) is 14.5 Å². The molecular weight excluding hydrogens is 356 g/mol. The van der Waals surface area contributed by atoms with Crippen molar-refractivity contribution in [2.75, 3.05) is 27.3 Å². The zero-order chi connectivity index (χ0) is 19.8. The Morgan fingerprint density at radius 3 is 2.14 bits per heavy atom. The van der Waals surface area contributed by atoms with Crippen LogP contribution in [-0.4, -0.2) is 50.1 Å². The Bertz CT molecular complexity index is 905. The van der Waals surface area contributed by atoms with E-state index in [1.165, 1.54) is 20.9 Å². The highest BCUT2D eigenvalue weighted by atomic mass is 16.5. The van der Waals surface area contributed by atoms with Gasteiger partial charge in [-0.25, -0.2) is 0 Å². The average molecular weight is 381 g/mol. The molecule has 0 fully saturated rings. The lowest BCUT2D eigenvalue weighted by Gasteiger charge is -2.31. The van der Waals surface area contributed by atoms with E-state index in [0.717, 1.165) is 37.6 Å². The molecule has 2 amide bonds. The molecule has 1 N–H and O–H groups in total. The van der Waals surface area contributed by atoms with Crippen LogP contribution in [0.1, 0.15) is 38.8 Å². The number of rotatable bonds is 5. The molecule has 6 nitrogen and oxygen atoms in total. The number of imide groups is 1. The van der Waals surface area contributed by atoms with Crippen molar-refractivity contribution < 1.29 is 24.0 Å². The van der Waals surface area contributed by atoms with Gasteiger partial charge in [-0.2, -0.15) is 0 Å². The Morgan fingerprint density at radius 1 is 1.00 bits per heavy atom. The third-order valence-corrected chi connectivity index (χ3v) is 5.74. The van der Waals surface area contributed by atoms with Crippen molar-refractivity contribution in [2.45, 2.75) is 25.9 Å². The first-order valence-corrected chi connectivity index (χ1v) is 9.57. The Hall–Kier alpha value is -2.86. The summed E-state index contributed by atoms with van der Waals surface area (Å²) in [4.78, 5) is 28.2. The number of nitrogens with zero attached hydrogens (tertiary/aromatic N) is 1. The highest BCUT2D eigenvalue weighted by Gasteiger charge is 2.39. The number of hydrogen-bond donors (Lipinski definition) is 1. The first-order valence-electron chi connectivity index (χ1n) is 9.57. The number of carbonyl (C=O) groups is 2. The third-order valence-electron chi connectivity index (χ3n) is 5.74. The molecule has 146 valence electrons. The van der Waals surface area contributed by atoms with Gasteiger partial charge in [0.05, 0.1) is 44.5 Å². The van der Waals surface area contributed by atoms with E-state index >= 15 is 0 Å². The average Bonchev–Trinajstić information content (AvgIpc) is 2.97. The number of hydrogen-bond acceptors (Lipinski definition) is 4. The van der Waals surface area contributed by atoms with Crippen molar-refractivity contribution in [1.82, 2.24) is 4.90 Å². The summed E-state index contributed by atoms with van der Waals surface area (Å²) in [5, 5.41) is 0. The van der Waals surface area contributed by atoms with Crippen LogP contribution in [0, 0.1) is 0 Å². The number of fused-ring (bicyclic) bond motifs is 2. The molecule has 0 aliphatic carbocycles. The number of quaternary nitrogens is 1. The van der Waals surface area contributed by atoms with Crippen LogP contribution in [0.3, 0.4) is 0 Å². The van der Waals surface area contributed by atoms with Gasteiger partial charge in [0.2, 0.25) is 0 Å². The predicted octanol–water partition coefficient (Wildman–Crippen LogP) is 1.33. The van der Waals surface area contributed by atoms with Gasteiger partial charge in [-0.05, 0) is 36.8 Å². The smallest absolute Gasteiger partial charge is 0.262 e. The molecule has 2 aliphatic rings. The number of benzene rings is 2. The lowest BCUT2D eigenvalue weighted by atomic mass is 9.98. The summed E-state index contributed by atoms with van der Waals surface area (Å²) < 4.78 is 10.8. The first-order chi connectivity index (χ1) is 13.5. The van der Waals surface area contributed by atoms with Gasteiger partial charge in [0.25, 0.3) is 11.8 Å². The number of ether oxygens (including phenoxy) is 2. The molecule has 2 aromatic carbocycles. The van der Waals surface area contributed by atoms with E-state index in [1.54, 1.807) is 38.5 Å². The fourth-order valence-electron chi connectivity index (χ4n) is 4.32. The van der Waals surface area contributed by atoms with Gasteiger partial charge in [-0.15, -0.1) is 0 Å². The largest absolute Gasteiger partial charge is 0.493 e. The standard InChI is InChI=1S/C22H24N2O4/c1-14(24-21(25)17-6-4-5-7-18(17)22(24)26)12-23-9-8-15-10-19(27-2)20(28-3)11-16(15)13-23/h4-7,10-11,14H,8-9,12-13H2,1-3H3/p+1/t14-/m1/s1. The monoisotopic (exact) mass is 381 g/mol. The molecule has 1 unspecified atom stereocenters. The minimum atomic E-state index is -0.184. The molecule has 0 saturated heterocycles. The molecule has 0 aromatic heterocycles. The van der Waals surface area contributed by atoms with Crippen LogP contribution in [-0.2, 0) is 13.0 Å². The van der Waals surface area contributed by atoms with Crippen LogP contribution in [0.25, 0.3) is 0 Å². The van der Waals surface area contributed by atoms with Gasteiger partial charge >= 0.3 is 0 Å². The van der Waals surface area contributed by atoms with Gasteiger partial charge in [0, 0.05) is 12.0 Å². The second-order valence-electron chi connectivity index (χ2n) is 7.48. The molecule has 6 heteroatoms. The Kier molecular flexibility index (Phi) is 4.81. The summed E-state index contributed by atoms with van der Waals surface area (Å²) in [7, 11) is 3.29. The van der Waals surface area contributed by atoms with Gasteiger partial charge in [0.15, 0.2) is 11.5 Å². The van der Waals surface area contributed by atoms with Crippen LogP contribution in [0.4, 0.5) is 0 Å². The topological polar surface area (TPSA) is 60.3 Å². The minimum absolute atomic E-state index is 0.163. The lowest BCUT2D eigenvalue weighted by Crippen LogP contribution is -3.13. The summed E-state index contributed by atoms with van der Waals surface area (Å²) in [6.07, 6.45) is 0.930. The van der Waals surface area contributed by atoms with E-state index in [1.807, 2.05) is 13.0 Å². The zero-order valence-electron chi connectivity index (χ0n) is 16.5. The normalized spacial score (nSPS) is 19.2. The highest BCUT2D eigenvalue weighted by molar-refractivity contribution is 6.21. The SMILES string of the molecule is COc1cc2c(cc1OC)C[NH+](C[C@@H](C)N1C(=O)c3ccccc3C1=O)CC2. The van der Waals surface area contributed by atoms with Crippen molar-refractivity contribution in [2.24, 2.45) is 0 Å². The maximum atomic E-state index is 12.7. The highest BCUT2D eigenvalue weighted by Crippen LogP contribution is 2.31. The maximum absolute atomic E-state index is 12.7. The quantitative estimate of drug-likeness (QED) is 0.794. The molecular formula is C22H25N2O4+. The third kappa shape index (κ3) is 3.03. The summed E-state index contributed by atoms with van der Waals surface area (Å²) in [6, 6.07) is 11.0. The zero-order valence-corrected chi connectivity index (χ0v) is 16.5. The second kappa shape index (κ2) is 7.28.